The quantitative estimate of drug-likeness (QED) is 0.758. The van der Waals surface area contributed by atoms with Gasteiger partial charge in [0.2, 0.25) is 0 Å². The van der Waals surface area contributed by atoms with E-state index in [4.69, 9.17) is 5.73 Å². The summed E-state index contributed by atoms with van der Waals surface area (Å²) in [6.07, 6.45) is 2.23. The molecule has 0 atom stereocenters. The van der Waals surface area contributed by atoms with Gasteiger partial charge in [-0.25, -0.2) is 8.42 Å². The van der Waals surface area contributed by atoms with E-state index < -0.39 is 9.84 Å². The smallest absolute Gasteiger partial charge is 0.179 e. The summed E-state index contributed by atoms with van der Waals surface area (Å²) in [6, 6.07) is 6.93. The SMILES string of the molecule is CCCCN(CC)CCS(=O)(=O)c1cccc(CN)c1. The highest BCUT2D eigenvalue weighted by molar-refractivity contribution is 7.91. The molecule has 0 unspecified atom stereocenters. The summed E-state index contributed by atoms with van der Waals surface area (Å²) in [5.41, 5.74) is 6.41. The lowest BCUT2D eigenvalue weighted by molar-refractivity contribution is 0.299. The van der Waals surface area contributed by atoms with E-state index in [1.807, 2.05) is 6.07 Å². The van der Waals surface area contributed by atoms with Crippen molar-refractivity contribution in [1.29, 1.82) is 0 Å². The summed E-state index contributed by atoms with van der Waals surface area (Å²) in [6.45, 7) is 7.01. The van der Waals surface area contributed by atoms with Crippen LogP contribution < -0.4 is 5.73 Å². The molecule has 2 N–H and O–H groups in total. The number of sulfone groups is 1. The minimum absolute atomic E-state index is 0.165. The van der Waals surface area contributed by atoms with Gasteiger partial charge < -0.3 is 10.6 Å². The Bertz CT molecular complexity index is 500. The average molecular weight is 298 g/mol. The van der Waals surface area contributed by atoms with Crippen LogP contribution in [0.3, 0.4) is 0 Å². The zero-order valence-electron chi connectivity index (χ0n) is 12.5. The van der Waals surface area contributed by atoms with Gasteiger partial charge >= 0.3 is 0 Å². The van der Waals surface area contributed by atoms with Crippen molar-refractivity contribution in [2.45, 2.75) is 38.1 Å². The molecule has 0 aliphatic heterocycles. The summed E-state index contributed by atoms with van der Waals surface area (Å²) in [7, 11) is -3.22. The van der Waals surface area contributed by atoms with E-state index in [2.05, 4.69) is 18.7 Å². The number of benzene rings is 1. The molecule has 0 aliphatic rings. The second-order valence-electron chi connectivity index (χ2n) is 4.96. The number of hydrogen-bond donors (Lipinski definition) is 1. The lowest BCUT2D eigenvalue weighted by Gasteiger charge is -2.19. The molecule has 0 aliphatic carbocycles. The van der Waals surface area contributed by atoms with Gasteiger partial charge in [0.1, 0.15) is 0 Å². The largest absolute Gasteiger partial charge is 0.326 e. The van der Waals surface area contributed by atoms with Crippen LogP contribution in [0.4, 0.5) is 0 Å². The Kier molecular flexibility index (Phi) is 7.19. The van der Waals surface area contributed by atoms with Crippen molar-refractivity contribution >= 4 is 9.84 Å². The van der Waals surface area contributed by atoms with Crippen LogP contribution in [0.25, 0.3) is 0 Å². The minimum atomic E-state index is -3.22. The highest BCUT2D eigenvalue weighted by Gasteiger charge is 2.16. The van der Waals surface area contributed by atoms with Crippen LogP contribution in [0.5, 0.6) is 0 Å². The summed E-state index contributed by atoms with van der Waals surface area (Å²) in [5.74, 6) is 0.165. The number of nitrogens with two attached hydrogens (primary N) is 1. The van der Waals surface area contributed by atoms with Gasteiger partial charge in [0, 0.05) is 13.1 Å². The Morgan fingerprint density at radius 3 is 2.55 bits per heavy atom. The molecule has 0 heterocycles. The highest BCUT2D eigenvalue weighted by atomic mass is 32.2. The minimum Gasteiger partial charge on any atom is -0.326 e. The van der Waals surface area contributed by atoms with Crippen molar-refractivity contribution in [3.05, 3.63) is 29.8 Å². The van der Waals surface area contributed by atoms with Crippen molar-refractivity contribution < 1.29 is 8.42 Å². The Balaban J connectivity index is 2.68. The van der Waals surface area contributed by atoms with Crippen LogP contribution in [0, 0.1) is 0 Å². The standard InChI is InChI=1S/C15H26N2O2S/c1-3-5-9-17(4-2)10-11-20(18,19)15-8-6-7-14(12-15)13-16/h6-8,12H,3-5,9-11,13,16H2,1-2H3. The molecule has 0 bridgehead atoms. The molecule has 1 aromatic carbocycles. The highest BCUT2D eigenvalue weighted by Crippen LogP contribution is 2.13. The first-order chi connectivity index (χ1) is 9.53. The molecule has 0 radical (unpaired) electrons. The fourth-order valence-electron chi connectivity index (χ4n) is 2.04. The van der Waals surface area contributed by atoms with Gasteiger partial charge in [-0.05, 0) is 37.2 Å². The predicted octanol–water partition coefficient (Wildman–Crippen LogP) is 2.04. The zero-order chi connectivity index (χ0) is 15.0. The Hall–Kier alpha value is -0.910. The normalized spacial score (nSPS) is 12.0. The van der Waals surface area contributed by atoms with Gasteiger partial charge in [-0.2, -0.15) is 0 Å². The summed E-state index contributed by atoms with van der Waals surface area (Å²) in [5, 5.41) is 0. The molecule has 0 amide bonds. The van der Waals surface area contributed by atoms with Gasteiger partial charge in [0.15, 0.2) is 9.84 Å². The maximum Gasteiger partial charge on any atom is 0.179 e. The molecule has 114 valence electrons. The van der Waals surface area contributed by atoms with Gasteiger partial charge in [-0.15, -0.1) is 0 Å². The van der Waals surface area contributed by atoms with E-state index in [1.54, 1.807) is 18.2 Å². The zero-order valence-corrected chi connectivity index (χ0v) is 13.3. The average Bonchev–Trinajstić information content (AvgIpc) is 2.47. The van der Waals surface area contributed by atoms with Crippen LogP contribution in [-0.4, -0.2) is 38.7 Å². The lowest BCUT2D eigenvalue weighted by Crippen LogP contribution is -2.30. The number of unbranched alkanes of at least 4 members (excludes halogenated alkanes) is 1. The molecule has 5 heteroatoms. The second-order valence-corrected chi connectivity index (χ2v) is 7.07. The molecule has 0 fully saturated rings. The van der Waals surface area contributed by atoms with Crippen LogP contribution >= 0.6 is 0 Å². The van der Waals surface area contributed by atoms with Gasteiger partial charge in [-0.1, -0.05) is 32.4 Å². The molecule has 0 saturated carbocycles. The van der Waals surface area contributed by atoms with E-state index >= 15 is 0 Å². The summed E-state index contributed by atoms with van der Waals surface area (Å²) >= 11 is 0. The number of rotatable bonds is 9. The van der Waals surface area contributed by atoms with Crippen LogP contribution in [0.2, 0.25) is 0 Å². The lowest BCUT2D eigenvalue weighted by atomic mass is 10.2. The van der Waals surface area contributed by atoms with E-state index in [0.29, 0.717) is 18.0 Å². The second kappa shape index (κ2) is 8.39. The third-order valence-electron chi connectivity index (χ3n) is 3.44. The predicted molar refractivity (Wildman–Crippen MR) is 83.4 cm³/mol. The molecule has 0 aromatic heterocycles. The topological polar surface area (TPSA) is 63.4 Å². The first kappa shape index (κ1) is 17.1. The molecule has 0 spiro atoms. The molecule has 1 rings (SSSR count). The fraction of sp³-hybridized carbons (Fsp3) is 0.600. The van der Waals surface area contributed by atoms with Crippen LogP contribution in [0.1, 0.15) is 32.3 Å². The third-order valence-corrected chi connectivity index (χ3v) is 5.14. The van der Waals surface area contributed by atoms with E-state index in [1.165, 1.54) is 0 Å². The van der Waals surface area contributed by atoms with Gasteiger partial charge in [0.05, 0.1) is 10.6 Å². The van der Waals surface area contributed by atoms with Crippen molar-refractivity contribution in [2.75, 3.05) is 25.4 Å². The monoisotopic (exact) mass is 298 g/mol. The Morgan fingerprint density at radius 2 is 1.95 bits per heavy atom. The van der Waals surface area contributed by atoms with Crippen molar-refractivity contribution in [3.8, 4) is 0 Å². The molecular weight excluding hydrogens is 272 g/mol. The van der Waals surface area contributed by atoms with Crippen LogP contribution in [-0.2, 0) is 16.4 Å². The van der Waals surface area contributed by atoms with Gasteiger partial charge in [0.25, 0.3) is 0 Å². The molecule has 20 heavy (non-hydrogen) atoms. The third kappa shape index (κ3) is 5.23. The van der Waals surface area contributed by atoms with E-state index in [-0.39, 0.29) is 5.75 Å². The first-order valence-corrected chi connectivity index (χ1v) is 8.92. The first-order valence-electron chi connectivity index (χ1n) is 7.27. The van der Waals surface area contributed by atoms with E-state index in [0.717, 1.165) is 31.5 Å². The van der Waals surface area contributed by atoms with Crippen molar-refractivity contribution in [2.24, 2.45) is 5.73 Å². The van der Waals surface area contributed by atoms with Crippen molar-refractivity contribution in [3.63, 3.8) is 0 Å². The molecule has 4 nitrogen and oxygen atoms in total. The maximum absolute atomic E-state index is 12.3. The molecule has 0 saturated heterocycles. The summed E-state index contributed by atoms with van der Waals surface area (Å²) < 4.78 is 24.7. The summed E-state index contributed by atoms with van der Waals surface area (Å²) in [4.78, 5) is 2.57. The number of nitrogens with zero attached hydrogens (tertiary/aromatic N) is 1. The van der Waals surface area contributed by atoms with Gasteiger partial charge in [-0.3, -0.25) is 0 Å². The maximum atomic E-state index is 12.3. The molecular formula is C15H26N2O2S. The van der Waals surface area contributed by atoms with Crippen LogP contribution in [0.15, 0.2) is 29.2 Å². The Labute approximate surface area is 122 Å². The van der Waals surface area contributed by atoms with E-state index in [9.17, 15) is 8.42 Å². The fourth-order valence-corrected chi connectivity index (χ4v) is 3.39. The molecule has 1 aromatic rings. The Morgan fingerprint density at radius 1 is 1.20 bits per heavy atom. The van der Waals surface area contributed by atoms with Crippen molar-refractivity contribution in [1.82, 2.24) is 4.90 Å². The number of hydrogen-bond acceptors (Lipinski definition) is 4.